The largest absolute Gasteiger partial charge is 0.349 e. The second kappa shape index (κ2) is 8.95. The number of hydrogen-bond donors (Lipinski definition) is 2. The van der Waals surface area contributed by atoms with Crippen LogP contribution in [-0.2, 0) is 6.42 Å². The number of halogens is 1. The molecule has 2 amide bonds. The van der Waals surface area contributed by atoms with Crippen LogP contribution in [0.5, 0.6) is 0 Å². The molecule has 1 atom stereocenters. The molecule has 4 nitrogen and oxygen atoms in total. The van der Waals surface area contributed by atoms with E-state index in [0.29, 0.717) is 17.7 Å². The van der Waals surface area contributed by atoms with Crippen molar-refractivity contribution in [2.45, 2.75) is 19.4 Å². The average molecular weight is 376 g/mol. The zero-order valence-electron chi connectivity index (χ0n) is 15.5. The van der Waals surface area contributed by atoms with Crippen molar-refractivity contribution in [2.75, 3.05) is 5.32 Å². The van der Waals surface area contributed by atoms with E-state index in [9.17, 15) is 14.0 Å². The van der Waals surface area contributed by atoms with E-state index < -0.39 is 11.7 Å². The Balaban J connectivity index is 1.71. The van der Waals surface area contributed by atoms with Crippen molar-refractivity contribution < 1.29 is 14.0 Å². The summed E-state index contributed by atoms with van der Waals surface area (Å²) >= 11 is 0. The van der Waals surface area contributed by atoms with Gasteiger partial charge in [-0.25, -0.2) is 4.39 Å². The number of carbonyl (C=O) groups is 2. The van der Waals surface area contributed by atoms with E-state index in [0.717, 1.165) is 5.56 Å². The fourth-order valence-corrected chi connectivity index (χ4v) is 2.95. The van der Waals surface area contributed by atoms with E-state index in [2.05, 4.69) is 10.6 Å². The number of para-hydroxylation sites is 1. The Bertz CT molecular complexity index is 973. The molecule has 0 saturated heterocycles. The van der Waals surface area contributed by atoms with E-state index in [4.69, 9.17) is 0 Å². The lowest BCUT2D eigenvalue weighted by Crippen LogP contribution is -2.34. The summed E-state index contributed by atoms with van der Waals surface area (Å²) in [6.45, 7) is 1.92. The van der Waals surface area contributed by atoms with Gasteiger partial charge in [-0.05, 0) is 43.2 Å². The minimum absolute atomic E-state index is 0.0739. The maximum atomic E-state index is 13.8. The molecule has 0 fully saturated rings. The maximum absolute atomic E-state index is 13.8. The van der Waals surface area contributed by atoms with Gasteiger partial charge in [0.25, 0.3) is 11.8 Å². The predicted molar refractivity (Wildman–Crippen MR) is 108 cm³/mol. The van der Waals surface area contributed by atoms with E-state index in [1.54, 1.807) is 30.3 Å². The Morgan fingerprint density at radius 1 is 0.821 bits per heavy atom. The molecule has 0 aliphatic heterocycles. The minimum atomic E-state index is -0.613. The van der Waals surface area contributed by atoms with E-state index in [1.165, 1.54) is 18.2 Å². The third-order valence-corrected chi connectivity index (χ3v) is 4.30. The Kier molecular flexibility index (Phi) is 6.17. The normalized spacial score (nSPS) is 11.5. The van der Waals surface area contributed by atoms with Crippen molar-refractivity contribution in [3.63, 3.8) is 0 Å². The number of amides is 2. The number of nitrogens with one attached hydrogen (secondary N) is 2. The standard InChI is InChI=1S/C23H21FN2O2/c1-16(15-17-9-3-2-4-10-17)25-23(28)19-12-6-8-14-21(19)26-22(27)18-11-5-7-13-20(18)24/h2-14,16H,15H2,1H3,(H,25,28)(H,26,27)/t16-/m1/s1. The molecule has 142 valence electrons. The van der Waals surface area contributed by atoms with Gasteiger partial charge in [0, 0.05) is 6.04 Å². The lowest BCUT2D eigenvalue weighted by molar-refractivity contribution is 0.0941. The third kappa shape index (κ3) is 4.82. The van der Waals surface area contributed by atoms with Gasteiger partial charge in [0.05, 0.1) is 16.8 Å². The average Bonchev–Trinajstić information content (AvgIpc) is 2.69. The number of hydrogen-bond acceptors (Lipinski definition) is 2. The van der Waals surface area contributed by atoms with Crippen molar-refractivity contribution in [2.24, 2.45) is 0 Å². The molecule has 0 aliphatic rings. The van der Waals surface area contributed by atoms with Gasteiger partial charge in [0.1, 0.15) is 5.82 Å². The van der Waals surface area contributed by atoms with Gasteiger partial charge in [0.15, 0.2) is 0 Å². The summed E-state index contributed by atoms with van der Waals surface area (Å²) in [5.41, 5.74) is 1.71. The van der Waals surface area contributed by atoms with Crippen LogP contribution in [-0.4, -0.2) is 17.9 Å². The van der Waals surface area contributed by atoms with Gasteiger partial charge in [-0.1, -0.05) is 54.6 Å². The van der Waals surface area contributed by atoms with Crippen molar-refractivity contribution in [1.82, 2.24) is 5.32 Å². The molecule has 5 heteroatoms. The molecule has 3 rings (SSSR count). The van der Waals surface area contributed by atoms with Crippen LogP contribution in [0.3, 0.4) is 0 Å². The van der Waals surface area contributed by atoms with Crippen LogP contribution in [0.4, 0.5) is 10.1 Å². The van der Waals surface area contributed by atoms with Gasteiger partial charge in [-0.2, -0.15) is 0 Å². The Hall–Kier alpha value is -3.47. The topological polar surface area (TPSA) is 58.2 Å². The second-order valence-corrected chi connectivity index (χ2v) is 6.54. The highest BCUT2D eigenvalue weighted by Gasteiger charge is 2.17. The van der Waals surface area contributed by atoms with Crippen LogP contribution in [0.1, 0.15) is 33.2 Å². The molecule has 0 aliphatic carbocycles. The summed E-state index contributed by atoms with van der Waals surface area (Å²) in [6.07, 6.45) is 0.691. The summed E-state index contributed by atoms with van der Waals surface area (Å²) in [7, 11) is 0. The molecule has 3 aromatic carbocycles. The lowest BCUT2D eigenvalue weighted by Gasteiger charge is -2.16. The molecule has 0 heterocycles. The summed E-state index contributed by atoms with van der Waals surface area (Å²) in [5, 5.41) is 5.58. The number of rotatable bonds is 6. The Labute approximate surface area is 163 Å². The first-order valence-electron chi connectivity index (χ1n) is 9.04. The number of anilines is 1. The molecule has 0 saturated carbocycles. The fraction of sp³-hybridized carbons (Fsp3) is 0.130. The second-order valence-electron chi connectivity index (χ2n) is 6.54. The molecule has 28 heavy (non-hydrogen) atoms. The molecule has 3 aromatic rings. The smallest absolute Gasteiger partial charge is 0.258 e. The highest BCUT2D eigenvalue weighted by Crippen LogP contribution is 2.18. The predicted octanol–water partition coefficient (Wildman–Crippen LogP) is 4.44. The highest BCUT2D eigenvalue weighted by molar-refractivity contribution is 6.09. The molecule has 0 spiro atoms. The fourth-order valence-electron chi connectivity index (χ4n) is 2.95. The van der Waals surface area contributed by atoms with Gasteiger partial charge < -0.3 is 10.6 Å². The van der Waals surface area contributed by atoms with Crippen LogP contribution in [0.25, 0.3) is 0 Å². The van der Waals surface area contributed by atoms with Crippen molar-refractivity contribution >= 4 is 17.5 Å². The maximum Gasteiger partial charge on any atom is 0.258 e. The molecular formula is C23H21FN2O2. The van der Waals surface area contributed by atoms with Crippen LogP contribution in [0, 0.1) is 5.82 Å². The Morgan fingerprint density at radius 2 is 1.43 bits per heavy atom. The first-order valence-corrected chi connectivity index (χ1v) is 9.04. The molecule has 0 aromatic heterocycles. The van der Waals surface area contributed by atoms with E-state index in [-0.39, 0.29) is 17.5 Å². The summed E-state index contributed by atoms with van der Waals surface area (Å²) in [5.74, 6) is -1.51. The van der Waals surface area contributed by atoms with Gasteiger partial charge in [-0.3, -0.25) is 9.59 Å². The third-order valence-electron chi connectivity index (χ3n) is 4.30. The molecule has 2 N–H and O–H groups in total. The van der Waals surface area contributed by atoms with Crippen LogP contribution in [0.15, 0.2) is 78.9 Å². The molecule has 0 unspecified atom stereocenters. The van der Waals surface area contributed by atoms with E-state index in [1.807, 2.05) is 37.3 Å². The zero-order chi connectivity index (χ0) is 19.9. The summed E-state index contributed by atoms with van der Waals surface area (Å²) in [4.78, 5) is 25.1. The van der Waals surface area contributed by atoms with Crippen LogP contribution >= 0.6 is 0 Å². The quantitative estimate of drug-likeness (QED) is 0.668. The molecular weight excluding hydrogens is 355 g/mol. The first-order chi connectivity index (χ1) is 13.5. The van der Waals surface area contributed by atoms with Gasteiger partial charge >= 0.3 is 0 Å². The lowest BCUT2D eigenvalue weighted by atomic mass is 10.1. The van der Waals surface area contributed by atoms with Crippen LogP contribution in [0.2, 0.25) is 0 Å². The van der Waals surface area contributed by atoms with Crippen molar-refractivity contribution in [1.29, 1.82) is 0 Å². The van der Waals surface area contributed by atoms with Gasteiger partial charge in [-0.15, -0.1) is 0 Å². The first kappa shape index (κ1) is 19.3. The van der Waals surface area contributed by atoms with Crippen molar-refractivity contribution in [3.8, 4) is 0 Å². The number of benzene rings is 3. The number of carbonyl (C=O) groups excluding carboxylic acids is 2. The van der Waals surface area contributed by atoms with Crippen molar-refractivity contribution in [3.05, 3.63) is 101 Å². The zero-order valence-corrected chi connectivity index (χ0v) is 15.5. The SMILES string of the molecule is C[C@H](Cc1ccccc1)NC(=O)c1ccccc1NC(=O)c1ccccc1F. The highest BCUT2D eigenvalue weighted by atomic mass is 19.1. The molecule has 0 bridgehead atoms. The Morgan fingerprint density at radius 3 is 2.14 bits per heavy atom. The monoisotopic (exact) mass is 376 g/mol. The summed E-state index contributed by atoms with van der Waals surface area (Å²) in [6, 6.07) is 22.2. The van der Waals surface area contributed by atoms with Gasteiger partial charge in [0.2, 0.25) is 0 Å². The van der Waals surface area contributed by atoms with E-state index >= 15 is 0 Å². The molecule has 0 radical (unpaired) electrons. The summed E-state index contributed by atoms with van der Waals surface area (Å²) < 4.78 is 13.8. The minimum Gasteiger partial charge on any atom is -0.349 e. The van der Waals surface area contributed by atoms with Crippen LogP contribution < -0.4 is 10.6 Å².